The molecule has 2 aromatic carbocycles. The molecule has 2 aromatic rings. The Labute approximate surface area is 109 Å². The molecular weight excluding hydrogens is 248 g/mol. The molecular formula is C14H13F2N3. The Kier molecular flexibility index (Phi) is 3.85. The molecule has 0 aliphatic heterocycles. The van der Waals surface area contributed by atoms with Crippen molar-refractivity contribution >= 4 is 17.1 Å². The number of benzene rings is 2. The first-order valence-corrected chi connectivity index (χ1v) is 5.85. The third-order valence-corrected chi connectivity index (χ3v) is 2.69. The highest BCUT2D eigenvalue weighted by Crippen LogP contribution is 2.24. The molecule has 0 spiro atoms. The number of rotatable bonds is 3. The normalized spacial score (nSPS) is 11.1. The summed E-state index contributed by atoms with van der Waals surface area (Å²) in [6, 6.07) is 9.54. The molecule has 0 aliphatic carbocycles. The number of azo groups is 1. The zero-order valence-electron chi connectivity index (χ0n) is 10.4. The Bertz CT molecular complexity index is 584. The van der Waals surface area contributed by atoms with E-state index in [0.29, 0.717) is 5.69 Å². The first kappa shape index (κ1) is 13.1. The van der Waals surface area contributed by atoms with Crippen LogP contribution < -0.4 is 5.73 Å². The van der Waals surface area contributed by atoms with Gasteiger partial charge in [0.05, 0.1) is 11.4 Å². The van der Waals surface area contributed by atoms with Crippen LogP contribution in [0, 0.1) is 11.6 Å². The minimum atomic E-state index is -0.838. The second-order valence-electron chi connectivity index (χ2n) is 4.04. The molecule has 3 nitrogen and oxygen atoms in total. The fourth-order valence-electron chi connectivity index (χ4n) is 1.54. The number of nitrogens with zero attached hydrogens (tertiary/aromatic N) is 2. The summed E-state index contributed by atoms with van der Waals surface area (Å²) in [6.45, 7) is 2.05. The van der Waals surface area contributed by atoms with E-state index in [2.05, 4.69) is 17.2 Å². The fourth-order valence-corrected chi connectivity index (χ4v) is 1.54. The first-order chi connectivity index (χ1) is 9.10. The smallest absolute Gasteiger partial charge is 0.151 e. The van der Waals surface area contributed by atoms with E-state index >= 15 is 0 Å². The minimum Gasteiger partial charge on any atom is -0.394 e. The van der Waals surface area contributed by atoms with E-state index < -0.39 is 17.3 Å². The lowest BCUT2D eigenvalue weighted by molar-refractivity contribution is 0.592. The predicted octanol–water partition coefficient (Wildman–Crippen LogP) is 4.52. The maximum Gasteiger partial charge on any atom is 0.151 e. The zero-order chi connectivity index (χ0) is 13.8. The first-order valence-electron chi connectivity index (χ1n) is 5.85. The van der Waals surface area contributed by atoms with Crippen molar-refractivity contribution in [3.8, 4) is 0 Å². The number of nitrogen functional groups attached to an aromatic ring is 1. The molecule has 0 bridgehead atoms. The van der Waals surface area contributed by atoms with Gasteiger partial charge < -0.3 is 5.73 Å². The lowest BCUT2D eigenvalue weighted by Gasteiger charge is -2.00. The van der Waals surface area contributed by atoms with Crippen LogP contribution in [0.2, 0.25) is 0 Å². The van der Waals surface area contributed by atoms with Gasteiger partial charge in [0.25, 0.3) is 0 Å². The maximum atomic E-state index is 13.2. The molecule has 0 aliphatic rings. The predicted molar refractivity (Wildman–Crippen MR) is 70.8 cm³/mol. The number of halogens is 2. The molecule has 0 fully saturated rings. The van der Waals surface area contributed by atoms with Gasteiger partial charge >= 0.3 is 0 Å². The van der Waals surface area contributed by atoms with Crippen LogP contribution in [0.15, 0.2) is 46.6 Å². The molecule has 2 rings (SSSR count). The third-order valence-electron chi connectivity index (χ3n) is 2.69. The molecule has 0 amide bonds. The Morgan fingerprint density at radius 1 is 0.947 bits per heavy atom. The van der Waals surface area contributed by atoms with Crippen molar-refractivity contribution in [3.05, 3.63) is 53.6 Å². The van der Waals surface area contributed by atoms with Gasteiger partial charge in [-0.1, -0.05) is 19.1 Å². The van der Waals surface area contributed by atoms with Gasteiger partial charge in [-0.25, -0.2) is 8.78 Å². The summed E-state index contributed by atoms with van der Waals surface area (Å²) in [4.78, 5) is 0. The molecule has 0 saturated heterocycles. The molecule has 2 N–H and O–H groups in total. The van der Waals surface area contributed by atoms with Gasteiger partial charge in [-0.05, 0) is 24.1 Å². The highest BCUT2D eigenvalue weighted by Gasteiger charge is 2.06. The molecule has 0 saturated carbocycles. The number of nitrogens with two attached hydrogens (primary N) is 1. The Balaban J connectivity index is 2.22. The molecule has 5 heteroatoms. The number of anilines is 1. The van der Waals surface area contributed by atoms with E-state index in [0.717, 1.165) is 18.6 Å². The lowest BCUT2D eigenvalue weighted by atomic mass is 10.2. The average molecular weight is 261 g/mol. The molecule has 0 aromatic heterocycles. The van der Waals surface area contributed by atoms with Crippen molar-refractivity contribution in [1.82, 2.24) is 0 Å². The molecule has 0 radical (unpaired) electrons. The quantitative estimate of drug-likeness (QED) is 0.640. The van der Waals surface area contributed by atoms with Crippen LogP contribution in [0.3, 0.4) is 0 Å². The van der Waals surface area contributed by atoms with Crippen LogP contribution in [-0.4, -0.2) is 0 Å². The summed E-state index contributed by atoms with van der Waals surface area (Å²) in [5.41, 5.74) is 6.55. The van der Waals surface area contributed by atoms with Gasteiger partial charge in [0, 0.05) is 12.1 Å². The van der Waals surface area contributed by atoms with Gasteiger partial charge in [-0.15, -0.1) is 0 Å². The summed E-state index contributed by atoms with van der Waals surface area (Å²) in [6.07, 6.45) is 0.936. The molecule has 19 heavy (non-hydrogen) atoms. The molecule has 0 heterocycles. The third kappa shape index (κ3) is 3.13. The van der Waals surface area contributed by atoms with Gasteiger partial charge in [0.15, 0.2) is 11.6 Å². The monoisotopic (exact) mass is 261 g/mol. The number of hydrogen-bond acceptors (Lipinski definition) is 3. The van der Waals surface area contributed by atoms with Gasteiger partial charge in [0.2, 0.25) is 0 Å². The van der Waals surface area contributed by atoms with Crippen molar-refractivity contribution in [1.29, 1.82) is 0 Å². The second-order valence-corrected chi connectivity index (χ2v) is 4.04. The SMILES string of the molecule is CCc1ccc(N=Nc2cc(F)c(N)c(F)c2)cc1. The number of aryl methyl sites for hydroxylation is 1. The van der Waals surface area contributed by atoms with Crippen LogP contribution in [0.4, 0.5) is 25.8 Å². The highest BCUT2D eigenvalue weighted by molar-refractivity contribution is 5.50. The van der Waals surface area contributed by atoms with Crippen molar-refractivity contribution in [3.63, 3.8) is 0 Å². The maximum absolute atomic E-state index is 13.2. The van der Waals surface area contributed by atoms with E-state index in [1.54, 1.807) is 12.1 Å². The lowest BCUT2D eigenvalue weighted by Crippen LogP contribution is -1.94. The van der Waals surface area contributed by atoms with Gasteiger partial charge in [-0.2, -0.15) is 10.2 Å². The van der Waals surface area contributed by atoms with Crippen LogP contribution in [0.1, 0.15) is 12.5 Å². The Morgan fingerprint density at radius 3 is 2.00 bits per heavy atom. The standard InChI is InChI=1S/C14H13F2N3/c1-2-9-3-5-10(6-4-9)18-19-11-7-12(15)14(17)13(16)8-11/h3-8H,2,17H2,1H3. The fraction of sp³-hybridized carbons (Fsp3) is 0.143. The molecule has 0 atom stereocenters. The van der Waals surface area contributed by atoms with Crippen LogP contribution >= 0.6 is 0 Å². The summed E-state index contributed by atoms with van der Waals surface area (Å²) in [5.74, 6) is -1.68. The average Bonchev–Trinajstić information content (AvgIpc) is 2.43. The number of hydrogen-bond donors (Lipinski definition) is 1. The van der Waals surface area contributed by atoms with Crippen molar-refractivity contribution in [2.24, 2.45) is 10.2 Å². The Morgan fingerprint density at radius 2 is 1.47 bits per heavy atom. The van der Waals surface area contributed by atoms with Crippen molar-refractivity contribution in [2.75, 3.05) is 5.73 Å². The van der Waals surface area contributed by atoms with E-state index in [-0.39, 0.29) is 5.69 Å². The summed E-state index contributed by atoms with van der Waals surface area (Å²) in [5, 5.41) is 7.70. The van der Waals surface area contributed by atoms with Crippen LogP contribution in [0.5, 0.6) is 0 Å². The Hall–Kier alpha value is -2.30. The van der Waals surface area contributed by atoms with E-state index in [4.69, 9.17) is 5.73 Å². The highest BCUT2D eigenvalue weighted by atomic mass is 19.1. The van der Waals surface area contributed by atoms with Crippen LogP contribution in [0.25, 0.3) is 0 Å². The summed E-state index contributed by atoms with van der Waals surface area (Å²) in [7, 11) is 0. The summed E-state index contributed by atoms with van der Waals surface area (Å²) < 4.78 is 26.4. The van der Waals surface area contributed by atoms with E-state index in [1.165, 1.54) is 5.56 Å². The van der Waals surface area contributed by atoms with Crippen LogP contribution in [-0.2, 0) is 6.42 Å². The minimum absolute atomic E-state index is 0.0868. The van der Waals surface area contributed by atoms with Crippen molar-refractivity contribution in [2.45, 2.75) is 13.3 Å². The summed E-state index contributed by atoms with van der Waals surface area (Å²) >= 11 is 0. The van der Waals surface area contributed by atoms with E-state index in [9.17, 15) is 8.78 Å². The molecule has 98 valence electrons. The second kappa shape index (κ2) is 5.56. The van der Waals surface area contributed by atoms with Gasteiger partial charge in [0.1, 0.15) is 5.69 Å². The van der Waals surface area contributed by atoms with Crippen molar-refractivity contribution < 1.29 is 8.78 Å². The zero-order valence-corrected chi connectivity index (χ0v) is 10.4. The largest absolute Gasteiger partial charge is 0.394 e. The van der Waals surface area contributed by atoms with E-state index in [1.807, 2.05) is 12.1 Å². The molecule has 0 unspecified atom stereocenters. The van der Waals surface area contributed by atoms with Gasteiger partial charge in [-0.3, -0.25) is 0 Å². The topological polar surface area (TPSA) is 50.7 Å².